The zero-order valence-corrected chi connectivity index (χ0v) is 10.3. The summed E-state index contributed by atoms with van der Waals surface area (Å²) in [6.07, 6.45) is 6.96. The first-order chi connectivity index (χ1) is 8.40. The van der Waals surface area contributed by atoms with Crippen LogP contribution in [0.3, 0.4) is 0 Å². The van der Waals surface area contributed by atoms with Crippen molar-refractivity contribution in [2.45, 2.75) is 38.6 Å². The molecule has 0 aliphatic rings. The average molecular weight is 229 g/mol. The van der Waals surface area contributed by atoms with Crippen molar-refractivity contribution in [2.24, 2.45) is 0 Å². The van der Waals surface area contributed by atoms with Gasteiger partial charge in [-0.2, -0.15) is 5.10 Å². The van der Waals surface area contributed by atoms with Crippen molar-refractivity contribution in [2.75, 3.05) is 0 Å². The second kappa shape index (κ2) is 6.18. The van der Waals surface area contributed by atoms with Crippen molar-refractivity contribution in [1.29, 1.82) is 0 Å². The fraction of sp³-hybridized carbons (Fsp3) is 0.429. The van der Waals surface area contributed by atoms with Gasteiger partial charge in [-0.25, -0.2) is 4.98 Å². The highest BCUT2D eigenvalue weighted by Gasteiger charge is 2.10. The van der Waals surface area contributed by atoms with Crippen molar-refractivity contribution in [1.82, 2.24) is 14.8 Å². The SMILES string of the molecule is CCC[C@@H](CCn1cncn1)c1ccccc1. The lowest BCUT2D eigenvalue weighted by Crippen LogP contribution is -2.05. The number of rotatable bonds is 6. The minimum atomic E-state index is 0.630. The summed E-state index contributed by atoms with van der Waals surface area (Å²) < 4.78 is 1.91. The lowest BCUT2D eigenvalue weighted by atomic mass is 9.91. The molecule has 0 amide bonds. The Morgan fingerprint density at radius 1 is 1.18 bits per heavy atom. The molecule has 0 fully saturated rings. The van der Waals surface area contributed by atoms with Gasteiger partial charge in [-0.3, -0.25) is 4.68 Å². The lowest BCUT2D eigenvalue weighted by molar-refractivity contribution is 0.488. The van der Waals surface area contributed by atoms with Gasteiger partial charge in [0, 0.05) is 6.54 Å². The number of aromatic nitrogens is 3. The number of nitrogens with zero attached hydrogens (tertiary/aromatic N) is 3. The summed E-state index contributed by atoms with van der Waals surface area (Å²) in [5.41, 5.74) is 1.44. The minimum Gasteiger partial charge on any atom is -0.253 e. The van der Waals surface area contributed by atoms with Crippen LogP contribution in [0.5, 0.6) is 0 Å². The molecule has 90 valence electrons. The van der Waals surface area contributed by atoms with Crippen molar-refractivity contribution >= 4 is 0 Å². The highest BCUT2D eigenvalue weighted by Crippen LogP contribution is 2.25. The molecule has 1 atom stereocenters. The Morgan fingerprint density at radius 2 is 2.00 bits per heavy atom. The highest BCUT2D eigenvalue weighted by atomic mass is 15.3. The highest BCUT2D eigenvalue weighted by molar-refractivity contribution is 5.19. The van der Waals surface area contributed by atoms with E-state index in [9.17, 15) is 0 Å². The van der Waals surface area contributed by atoms with E-state index in [0.717, 1.165) is 13.0 Å². The normalized spacial score (nSPS) is 12.5. The van der Waals surface area contributed by atoms with Gasteiger partial charge in [0.2, 0.25) is 0 Å². The molecule has 3 heteroatoms. The molecule has 3 nitrogen and oxygen atoms in total. The van der Waals surface area contributed by atoms with Crippen LogP contribution in [0.15, 0.2) is 43.0 Å². The van der Waals surface area contributed by atoms with E-state index in [-0.39, 0.29) is 0 Å². The zero-order chi connectivity index (χ0) is 11.9. The number of hydrogen-bond donors (Lipinski definition) is 0. The Bertz CT molecular complexity index is 408. The Hall–Kier alpha value is -1.64. The topological polar surface area (TPSA) is 30.7 Å². The summed E-state index contributed by atoms with van der Waals surface area (Å²) in [5, 5.41) is 4.15. The molecule has 0 aliphatic heterocycles. The molecule has 0 radical (unpaired) electrons. The Labute approximate surface area is 103 Å². The number of benzene rings is 1. The first-order valence-electron chi connectivity index (χ1n) is 6.27. The fourth-order valence-corrected chi connectivity index (χ4v) is 2.19. The smallest absolute Gasteiger partial charge is 0.137 e. The molecule has 0 N–H and O–H groups in total. The van der Waals surface area contributed by atoms with Gasteiger partial charge in [0.15, 0.2) is 0 Å². The summed E-state index contributed by atoms with van der Waals surface area (Å²) in [4.78, 5) is 3.97. The van der Waals surface area contributed by atoms with Gasteiger partial charge in [-0.05, 0) is 24.3 Å². The predicted octanol–water partition coefficient (Wildman–Crippen LogP) is 3.25. The quantitative estimate of drug-likeness (QED) is 0.761. The van der Waals surface area contributed by atoms with Gasteiger partial charge in [0.1, 0.15) is 12.7 Å². The molecular formula is C14H19N3. The van der Waals surface area contributed by atoms with Crippen molar-refractivity contribution in [3.8, 4) is 0 Å². The van der Waals surface area contributed by atoms with Gasteiger partial charge >= 0.3 is 0 Å². The van der Waals surface area contributed by atoms with E-state index in [1.54, 1.807) is 12.7 Å². The molecule has 0 aliphatic carbocycles. The predicted molar refractivity (Wildman–Crippen MR) is 68.7 cm³/mol. The zero-order valence-electron chi connectivity index (χ0n) is 10.3. The van der Waals surface area contributed by atoms with E-state index in [2.05, 4.69) is 47.3 Å². The van der Waals surface area contributed by atoms with Gasteiger partial charge in [0.25, 0.3) is 0 Å². The van der Waals surface area contributed by atoms with E-state index >= 15 is 0 Å². The summed E-state index contributed by atoms with van der Waals surface area (Å²) in [6, 6.07) is 10.8. The third kappa shape index (κ3) is 3.41. The molecule has 0 bridgehead atoms. The van der Waals surface area contributed by atoms with E-state index < -0.39 is 0 Å². The van der Waals surface area contributed by atoms with Crippen LogP contribution in [-0.4, -0.2) is 14.8 Å². The number of aryl methyl sites for hydroxylation is 1. The van der Waals surface area contributed by atoms with E-state index in [4.69, 9.17) is 0 Å². The summed E-state index contributed by atoms with van der Waals surface area (Å²) >= 11 is 0. The lowest BCUT2D eigenvalue weighted by Gasteiger charge is -2.16. The summed E-state index contributed by atoms with van der Waals surface area (Å²) in [6.45, 7) is 3.19. The van der Waals surface area contributed by atoms with Crippen molar-refractivity contribution < 1.29 is 0 Å². The largest absolute Gasteiger partial charge is 0.253 e. The molecule has 17 heavy (non-hydrogen) atoms. The molecule has 0 saturated heterocycles. The van der Waals surface area contributed by atoms with Crippen LogP contribution in [0.1, 0.15) is 37.7 Å². The van der Waals surface area contributed by atoms with Gasteiger partial charge in [0.05, 0.1) is 0 Å². The van der Waals surface area contributed by atoms with Crippen molar-refractivity contribution in [3.05, 3.63) is 48.5 Å². The maximum absolute atomic E-state index is 4.15. The first-order valence-corrected chi connectivity index (χ1v) is 6.27. The van der Waals surface area contributed by atoms with E-state index in [1.165, 1.54) is 18.4 Å². The standard InChI is InChI=1S/C14H19N3/c1-2-6-13(14-7-4-3-5-8-14)9-10-17-12-15-11-16-17/h3-5,7-8,11-13H,2,6,9-10H2,1H3/t13-/m0/s1. The Balaban J connectivity index is 1.98. The molecule has 1 aromatic heterocycles. The molecule has 0 unspecified atom stereocenters. The maximum Gasteiger partial charge on any atom is 0.137 e. The van der Waals surface area contributed by atoms with Crippen LogP contribution in [0.2, 0.25) is 0 Å². The monoisotopic (exact) mass is 229 g/mol. The molecule has 2 aromatic rings. The molecule has 2 rings (SSSR count). The molecule has 0 spiro atoms. The van der Waals surface area contributed by atoms with Gasteiger partial charge in [-0.1, -0.05) is 43.7 Å². The molecule has 1 heterocycles. The summed E-state index contributed by atoms with van der Waals surface area (Å²) in [7, 11) is 0. The van der Waals surface area contributed by atoms with Gasteiger partial charge in [-0.15, -0.1) is 0 Å². The maximum atomic E-state index is 4.15. The molecular weight excluding hydrogens is 210 g/mol. The summed E-state index contributed by atoms with van der Waals surface area (Å²) in [5.74, 6) is 0.630. The third-order valence-electron chi connectivity index (χ3n) is 3.08. The Morgan fingerprint density at radius 3 is 2.65 bits per heavy atom. The van der Waals surface area contributed by atoms with E-state index in [1.807, 2.05) is 4.68 Å². The Kier molecular flexibility index (Phi) is 4.30. The minimum absolute atomic E-state index is 0.630. The van der Waals surface area contributed by atoms with Crippen LogP contribution >= 0.6 is 0 Å². The van der Waals surface area contributed by atoms with E-state index in [0.29, 0.717) is 5.92 Å². The average Bonchev–Trinajstić information content (AvgIpc) is 2.88. The van der Waals surface area contributed by atoms with Gasteiger partial charge < -0.3 is 0 Å². The van der Waals surface area contributed by atoms with Crippen LogP contribution in [0.4, 0.5) is 0 Å². The molecule has 0 saturated carbocycles. The number of hydrogen-bond acceptors (Lipinski definition) is 2. The van der Waals surface area contributed by atoms with Crippen LogP contribution in [-0.2, 0) is 6.54 Å². The molecule has 1 aromatic carbocycles. The fourth-order valence-electron chi connectivity index (χ4n) is 2.19. The third-order valence-corrected chi connectivity index (χ3v) is 3.08. The van der Waals surface area contributed by atoms with Crippen LogP contribution in [0.25, 0.3) is 0 Å². The second-order valence-corrected chi connectivity index (χ2v) is 4.34. The van der Waals surface area contributed by atoms with Crippen LogP contribution in [0, 0.1) is 0 Å². The second-order valence-electron chi connectivity index (χ2n) is 4.34. The first kappa shape index (κ1) is 11.8. The van der Waals surface area contributed by atoms with Crippen molar-refractivity contribution in [3.63, 3.8) is 0 Å². The van der Waals surface area contributed by atoms with Crippen LogP contribution < -0.4 is 0 Å².